The van der Waals surface area contributed by atoms with E-state index >= 15 is 0 Å². The van der Waals surface area contributed by atoms with Gasteiger partial charge in [0.2, 0.25) is 5.43 Å². The van der Waals surface area contributed by atoms with Crippen LogP contribution in [0.3, 0.4) is 0 Å². The van der Waals surface area contributed by atoms with Crippen LogP contribution in [0, 0.1) is 20.8 Å². The van der Waals surface area contributed by atoms with E-state index in [2.05, 4.69) is 31.1 Å². The Balaban J connectivity index is 2.46. The van der Waals surface area contributed by atoms with Crippen LogP contribution in [0.15, 0.2) is 29.1 Å². The molecule has 0 aliphatic carbocycles. The minimum Gasteiger partial charge on any atom is -0.390 e. The van der Waals surface area contributed by atoms with Crippen molar-refractivity contribution in [3.05, 3.63) is 62.6 Å². The molecule has 0 amide bonds. The van der Waals surface area contributed by atoms with E-state index in [-0.39, 0.29) is 17.7 Å². The van der Waals surface area contributed by atoms with Crippen molar-refractivity contribution in [2.45, 2.75) is 33.9 Å². The van der Waals surface area contributed by atoms with Gasteiger partial charge in [-0.25, -0.2) is 0 Å². The molecule has 1 aromatic heterocycles. The van der Waals surface area contributed by atoms with E-state index in [0.717, 1.165) is 5.69 Å². The lowest BCUT2D eigenvalue weighted by Gasteiger charge is -2.14. The van der Waals surface area contributed by atoms with Gasteiger partial charge in [-0.3, -0.25) is 9.48 Å². The average molecular weight is 258 g/mol. The Labute approximate surface area is 112 Å². The maximum absolute atomic E-state index is 11.6. The second-order valence-electron chi connectivity index (χ2n) is 4.78. The van der Waals surface area contributed by atoms with Crippen molar-refractivity contribution in [1.29, 1.82) is 0 Å². The van der Waals surface area contributed by atoms with E-state index in [1.807, 2.05) is 13.0 Å². The van der Waals surface area contributed by atoms with Gasteiger partial charge in [0.25, 0.3) is 0 Å². The number of benzene rings is 1. The number of aromatic nitrogens is 2. The van der Waals surface area contributed by atoms with Crippen LogP contribution in [-0.4, -0.2) is 14.9 Å². The second kappa shape index (κ2) is 5.36. The van der Waals surface area contributed by atoms with Crippen LogP contribution >= 0.6 is 0 Å². The Bertz CT molecular complexity index is 639. The molecule has 0 aliphatic rings. The lowest BCUT2D eigenvalue weighted by molar-refractivity contribution is 0.271. The molecule has 100 valence electrons. The largest absolute Gasteiger partial charge is 0.390 e. The van der Waals surface area contributed by atoms with E-state index < -0.39 is 0 Å². The van der Waals surface area contributed by atoms with Gasteiger partial charge >= 0.3 is 0 Å². The first-order chi connectivity index (χ1) is 9.02. The maximum Gasteiger partial charge on any atom is 0.206 e. The summed E-state index contributed by atoms with van der Waals surface area (Å²) in [6.07, 6.45) is 0. The Morgan fingerprint density at radius 2 is 1.84 bits per heavy atom. The van der Waals surface area contributed by atoms with Crippen LogP contribution in [0.25, 0.3) is 0 Å². The summed E-state index contributed by atoms with van der Waals surface area (Å²) >= 11 is 0. The van der Waals surface area contributed by atoms with Crippen molar-refractivity contribution < 1.29 is 5.11 Å². The predicted octanol–water partition coefficient (Wildman–Crippen LogP) is 1.71. The van der Waals surface area contributed by atoms with E-state index in [1.165, 1.54) is 22.8 Å². The van der Waals surface area contributed by atoms with Crippen molar-refractivity contribution in [1.82, 2.24) is 9.78 Å². The minimum atomic E-state index is -0.328. The van der Waals surface area contributed by atoms with Gasteiger partial charge in [0.15, 0.2) is 0 Å². The van der Waals surface area contributed by atoms with Gasteiger partial charge in [0.1, 0.15) is 5.69 Å². The molecule has 0 aliphatic heterocycles. The van der Waals surface area contributed by atoms with Crippen molar-refractivity contribution >= 4 is 0 Å². The zero-order valence-electron chi connectivity index (χ0n) is 11.5. The normalized spacial score (nSPS) is 10.7. The smallest absolute Gasteiger partial charge is 0.206 e. The Morgan fingerprint density at radius 1 is 1.21 bits per heavy atom. The van der Waals surface area contributed by atoms with Gasteiger partial charge in [0, 0.05) is 11.8 Å². The lowest BCUT2D eigenvalue weighted by atomic mass is 10.0. The minimum absolute atomic E-state index is 0.192. The van der Waals surface area contributed by atoms with E-state index in [0.29, 0.717) is 6.54 Å². The summed E-state index contributed by atoms with van der Waals surface area (Å²) in [6, 6.07) is 7.67. The van der Waals surface area contributed by atoms with Crippen LogP contribution in [0.2, 0.25) is 0 Å². The SMILES string of the molecule is Cc1cccc(C)c1Cn1nc(CO)c(=O)cc1C. The number of hydrogen-bond donors (Lipinski definition) is 1. The highest BCUT2D eigenvalue weighted by Gasteiger charge is 2.08. The molecule has 1 heterocycles. The number of aryl methyl sites for hydroxylation is 3. The van der Waals surface area contributed by atoms with Crippen molar-refractivity contribution in [2.24, 2.45) is 0 Å². The monoisotopic (exact) mass is 258 g/mol. The molecule has 0 saturated carbocycles. The molecule has 19 heavy (non-hydrogen) atoms. The van der Waals surface area contributed by atoms with Gasteiger partial charge in [-0.05, 0) is 37.5 Å². The molecule has 0 atom stereocenters. The summed E-state index contributed by atoms with van der Waals surface area (Å²) in [6.45, 7) is 6.26. The second-order valence-corrected chi connectivity index (χ2v) is 4.78. The third kappa shape index (κ3) is 2.74. The summed E-state index contributed by atoms with van der Waals surface area (Å²) in [4.78, 5) is 11.6. The fourth-order valence-corrected chi connectivity index (χ4v) is 2.14. The Morgan fingerprint density at radius 3 is 2.42 bits per heavy atom. The van der Waals surface area contributed by atoms with Crippen LogP contribution in [0.4, 0.5) is 0 Å². The molecule has 1 aromatic carbocycles. The quantitative estimate of drug-likeness (QED) is 0.911. The number of aliphatic hydroxyl groups is 1. The van der Waals surface area contributed by atoms with Gasteiger partial charge in [-0.1, -0.05) is 18.2 Å². The molecule has 0 bridgehead atoms. The number of aliphatic hydroxyl groups excluding tert-OH is 1. The topological polar surface area (TPSA) is 55.1 Å². The number of nitrogens with zero attached hydrogens (tertiary/aromatic N) is 2. The summed E-state index contributed by atoms with van der Waals surface area (Å²) in [7, 11) is 0. The highest BCUT2D eigenvalue weighted by molar-refractivity contribution is 5.33. The predicted molar refractivity (Wildman–Crippen MR) is 74.2 cm³/mol. The van der Waals surface area contributed by atoms with Crippen LogP contribution in [0.5, 0.6) is 0 Å². The zero-order valence-corrected chi connectivity index (χ0v) is 11.5. The number of hydrogen-bond acceptors (Lipinski definition) is 3. The average Bonchev–Trinajstić information content (AvgIpc) is 2.36. The van der Waals surface area contributed by atoms with E-state index in [9.17, 15) is 4.79 Å². The third-order valence-electron chi connectivity index (χ3n) is 3.38. The van der Waals surface area contributed by atoms with Crippen molar-refractivity contribution in [3.8, 4) is 0 Å². The lowest BCUT2D eigenvalue weighted by Crippen LogP contribution is -2.20. The first-order valence-electron chi connectivity index (χ1n) is 6.26. The third-order valence-corrected chi connectivity index (χ3v) is 3.38. The Hall–Kier alpha value is -1.94. The molecule has 0 fully saturated rings. The molecule has 4 nitrogen and oxygen atoms in total. The highest BCUT2D eigenvalue weighted by Crippen LogP contribution is 2.15. The maximum atomic E-state index is 11.6. The van der Waals surface area contributed by atoms with Gasteiger partial charge in [-0.15, -0.1) is 0 Å². The highest BCUT2D eigenvalue weighted by atomic mass is 16.3. The van der Waals surface area contributed by atoms with Crippen molar-refractivity contribution in [2.75, 3.05) is 0 Å². The van der Waals surface area contributed by atoms with E-state index in [1.54, 1.807) is 4.68 Å². The fraction of sp³-hybridized carbons (Fsp3) is 0.333. The summed E-state index contributed by atoms with van der Waals surface area (Å²) in [5, 5.41) is 13.4. The van der Waals surface area contributed by atoms with Crippen molar-refractivity contribution in [3.63, 3.8) is 0 Å². The zero-order chi connectivity index (χ0) is 14.0. The van der Waals surface area contributed by atoms with Crippen LogP contribution in [-0.2, 0) is 13.2 Å². The van der Waals surface area contributed by atoms with E-state index in [4.69, 9.17) is 5.11 Å². The fourth-order valence-electron chi connectivity index (χ4n) is 2.14. The molecule has 4 heteroatoms. The summed E-state index contributed by atoms with van der Waals surface area (Å²) < 4.78 is 1.77. The first kappa shape index (κ1) is 13.5. The summed E-state index contributed by atoms with van der Waals surface area (Å²) in [5.74, 6) is 0. The van der Waals surface area contributed by atoms with Crippen LogP contribution < -0.4 is 5.43 Å². The summed E-state index contributed by atoms with van der Waals surface area (Å²) in [5.41, 5.74) is 4.38. The molecule has 0 radical (unpaired) electrons. The molecular formula is C15H18N2O2. The molecule has 0 saturated heterocycles. The standard InChI is InChI=1S/C15H18N2O2/c1-10-5-4-6-11(2)13(10)8-17-12(3)7-15(19)14(9-18)16-17/h4-7,18H,8-9H2,1-3H3. The molecule has 0 spiro atoms. The number of rotatable bonds is 3. The molecular weight excluding hydrogens is 240 g/mol. The first-order valence-corrected chi connectivity index (χ1v) is 6.26. The molecule has 2 rings (SSSR count). The van der Waals surface area contributed by atoms with Crippen LogP contribution in [0.1, 0.15) is 28.1 Å². The molecule has 0 unspecified atom stereocenters. The Kier molecular flexibility index (Phi) is 3.81. The molecule has 2 aromatic rings. The molecule has 1 N–H and O–H groups in total. The van der Waals surface area contributed by atoms with Gasteiger partial charge in [0.05, 0.1) is 13.2 Å². The van der Waals surface area contributed by atoms with Gasteiger partial charge in [-0.2, -0.15) is 5.10 Å². The van der Waals surface area contributed by atoms with Gasteiger partial charge < -0.3 is 5.11 Å².